The van der Waals surface area contributed by atoms with Gasteiger partial charge < -0.3 is 14.8 Å². The molecular weight excluding hydrogens is 471 g/mol. The number of nitrogens with zero attached hydrogens (tertiary/aromatic N) is 3. The zero-order valence-electron chi connectivity index (χ0n) is 16.0. The monoisotopic (exact) mass is 492 g/mol. The Kier molecular flexibility index (Phi) is 5.11. The number of nitrogens with one attached hydrogen (secondary N) is 1. The predicted molar refractivity (Wildman–Crippen MR) is 115 cm³/mol. The number of methoxy groups -OCH3 is 1. The van der Waals surface area contributed by atoms with Crippen LogP contribution in [-0.4, -0.2) is 40.8 Å². The van der Waals surface area contributed by atoms with E-state index in [-0.39, 0.29) is 5.91 Å². The standard InChI is InChI=1S/C20H21IN4O3/c1-12-6-17(20(27-3)4-5-28-11-20)24-19(7-12)25-10-15(21)14-9-22-18(8-16(14)25)23-13(2)26/h6-10H,4-5,11H2,1-3H3,(H,22,23,26)/t20-/m0/s1. The first-order chi connectivity index (χ1) is 13.4. The fraction of sp³-hybridized carbons (Fsp3) is 0.350. The van der Waals surface area contributed by atoms with E-state index >= 15 is 0 Å². The molecule has 0 aliphatic carbocycles. The van der Waals surface area contributed by atoms with Crippen molar-refractivity contribution < 1.29 is 14.3 Å². The van der Waals surface area contributed by atoms with Crippen molar-refractivity contribution in [3.8, 4) is 5.82 Å². The Morgan fingerprint density at radius 2 is 2.21 bits per heavy atom. The summed E-state index contributed by atoms with van der Waals surface area (Å²) in [5.41, 5.74) is 2.38. The van der Waals surface area contributed by atoms with E-state index in [1.165, 1.54) is 6.92 Å². The second-order valence-electron chi connectivity index (χ2n) is 7.00. The molecule has 7 nitrogen and oxygen atoms in total. The SMILES string of the molecule is CO[C@@]1(c2cc(C)cc(-n3cc(I)c4cnc(NC(C)=O)cc43)n2)CCOC1. The first-order valence-corrected chi connectivity index (χ1v) is 10.1. The maximum absolute atomic E-state index is 11.4. The van der Waals surface area contributed by atoms with Crippen molar-refractivity contribution in [2.45, 2.75) is 25.9 Å². The Labute approximate surface area is 176 Å². The van der Waals surface area contributed by atoms with E-state index in [2.05, 4.69) is 45.9 Å². The van der Waals surface area contributed by atoms with Crippen LogP contribution in [0.5, 0.6) is 0 Å². The Morgan fingerprint density at radius 3 is 2.89 bits per heavy atom. The molecule has 146 valence electrons. The molecular formula is C20H21IN4O3. The lowest BCUT2D eigenvalue weighted by Crippen LogP contribution is -2.30. The summed E-state index contributed by atoms with van der Waals surface area (Å²) in [6.07, 6.45) is 4.58. The van der Waals surface area contributed by atoms with Crippen LogP contribution in [0.4, 0.5) is 5.82 Å². The fourth-order valence-electron chi connectivity index (χ4n) is 3.54. The van der Waals surface area contributed by atoms with Crippen LogP contribution >= 0.6 is 22.6 Å². The minimum Gasteiger partial charge on any atom is -0.378 e. The average Bonchev–Trinajstić information content (AvgIpc) is 3.26. The number of rotatable bonds is 4. The number of hydrogen-bond donors (Lipinski definition) is 1. The average molecular weight is 492 g/mol. The zero-order valence-corrected chi connectivity index (χ0v) is 18.1. The minimum absolute atomic E-state index is 0.154. The number of pyridine rings is 2. The van der Waals surface area contributed by atoms with Crippen LogP contribution in [0.1, 0.15) is 24.6 Å². The normalized spacial score (nSPS) is 19.3. The summed E-state index contributed by atoms with van der Waals surface area (Å²) in [7, 11) is 1.71. The highest BCUT2D eigenvalue weighted by Crippen LogP contribution is 2.34. The summed E-state index contributed by atoms with van der Waals surface area (Å²) in [6.45, 7) is 4.68. The van der Waals surface area contributed by atoms with Crippen LogP contribution in [-0.2, 0) is 19.9 Å². The van der Waals surface area contributed by atoms with Gasteiger partial charge in [0, 0.05) is 54.5 Å². The van der Waals surface area contributed by atoms with Crippen molar-refractivity contribution >= 4 is 45.2 Å². The lowest BCUT2D eigenvalue weighted by molar-refractivity contribution is -0.114. The highest BCUT2D eigenvalue weighted by molar-refractivity contribution is 14.1. The van der Waals surface area contributed by atoms with Gasteiger partial charge in [0.2, 0.25) is 5.91 Å². The number of anilines is 1. The van der Waals surface area contributed by atoms with E-state index in [4.69, 9.17) is 14.5 Å². The van der Waals surface area contributed by atoms with Crippen LogP contribution in [0.3, 0.4) is 0 Å². The molecule has 4 heterocycles. The van der Waals surface area contributed by atoms with Crippen molar-refractivity contribution in [3.05, 3.63) is 45.4 Å². The number of halogens is 1. The van der Waals surface area contributed by atoms with E-state index in [1.807, 2.05) is 22.9 Å². The van der Waals surface area contributed by atoms with Crippen molar-refractivity contribution in [3.63, 3.8) is 0 Å². The number of carbonyl (C=O) groups excluding carboxylic acids is 1. The molecule has 0 spiro atoms. The third-order valence-electron chi connectivity index (χ3n) is 4.99. The van der Waals surface area contributed by atoms with Gasteiger partial charge in [0.25, 0.3) is 0 Å². The molecule has 1 N–H and O–H groups in total. The van der Waals surface area contributed by atoms with Crippen LogP contribution in [0, 0.1) is 10.5 Å². The first-order valence-electron chi connectivity index (χ1n) is 8.98. The van der Waals surface area contributed by atoms with Crippen molar-refractivity contribution in [2.24, 2.45) is 0 Å². The summed E-state index contributed by atoms with van der Waals surface area (Å²) < 4.78 is 14.5. The smallest absolute Gasteiger partial charge is 0.222 e. The molecule has 0 aromatic carbocycles. The number of amides is 1. The summed E-state index contributed by atoms with van der Waals surface area (Å²) in [5, 5.41) is 3.75. The third-order valence-corrected chi connectivity index (χ3v) is 5.85. The van der Waals surface area contributed by atoms with Gasteiger partial charge in [-0.15, -0.1) is 0 Å². The predicted octanol–water partition coefficient (Wildman–Crippen LogP) is 3.55. The second-order valence-corrected chi connectivity index (χ2v) is 8.17. The first kappa shape index (κ1) is 19.3. The Morgan fingerprint density at radius 1 is 1.39 bits per heavy atom. The molecule has 0 bridgehead atoms. The lowest BCUT2D eigenvalue weighted by atomic mass is 9.97. The number of ether oxygens (including phenoxy) is 2. The minimum atomic E-state index is -0.514. The van der Waals surface area contributed by atoms with Gasteiger partial charge >= 0.3 is 0 Å². The van der Waals surface area contributed by atoms with Crippen molar-refractivity contribution in [1.29, 1.82) is 0 Å². The zero-order chi connectivity index (χ0) is 19.9. The van der Waals surface area contributed by atoms with E-state index in [1.54, 1.807) is 13.3 Å². The molecule has 1 fully saturated rings. The number of fused-ring (bicyclic) bond motifs is 1. The Bertz CT molecular complexity index is 1060. The van der Waals surface area contributed by atoms with E-state index < -0.39 is 5.60 Å². The molecule has 0 radical (unpaired) electrons. The molecule has 1 atom stereocenters. The quantitative estimate of drug-likeness (QED) is 0.564. The Balaban J connectivity index is 1.87. The largest absolute Gasteiger partial charge is 0.378 e. The van der Waals surface area contributed by atoms with Gasteiger partial charge in [0.1, 0.15) is 17.2 Å². The van der Waals surface area contributed by atoms with Gasteiger partial charge in [0.05, 0.1) is 17.8 Å². The van der Waals surface area contributed by atoms with E-state index in [0.717, 1.165) is 38.0 Å². The van der Waals surface area contributed by atoms with Gasteiger partial charge in [-0.25, -0.2) is 9.97 Å². The molecule has 3 aromatic heterocycles. The summed E-state index contributed by atoms with van der Waals surface area (Å²) >= 11 is 2.29. The van der Waals surface area contributed by atoms with Gasteiger partial charge in [-0.05, 0) is 47.2 Å². The topological polar surface area (TPSA) is 78.3 Å². The third kappa shape index (κ3) is 3.40. The van der Waals surface area contributed by atoms with Gasteiger partial charge in [0.15, 0.2) is 0 Å². The molecule has 1 aliphatic heterocycles. The molecule has 1 aliphatic rings. The molecule has 0 saturated carbocycles. The summed E-state index contributed by atoms with van der Waals surface area (Å²) in [4.78, 5) is 20.7. The van der Waals surface area contributed by atoms with E-state index in [0.29, 0.717) is 19.0 Å². The molecule has 4 rings (SSSR count). The Hall–Kier alpha value is -2.04. The number of aromatic nitrogens is 3. The van der Waals surface area contributed by atoms with Crippen molar-refractivity contribution in [2.75, 3.05) is 25.6 Å². The molecule has 1 saturated heterocycles. The highest BCUT2D eigenvalue weighted by Gasteiger charge is 2.38. The lowest BCUT2D eigenvalue weighted by Gasteiger charge is -2.26. The number of hydrogen-bond acceptors (Lipinski definition) is 5. The van der Waals surface area contributed by atoms with Crippen LogP contribution in [0.15, 0.2) is 30.6 Å². The van der Waals surface area contributed by atoms with Crippen LogP contribution in [0.2, 0.25) is 0 Å². The van der Waals surface area contributed by atoms with Gasteiger partial charge in [-0.3, -0.25) is 9.36 Å². The fourth-order valence-corrected chi connectivity index (χ4v) is 4.23. The number of aryl methyl sites for hydroxylation is 1. The maximum Gasteiger partial charge on any atom is 0.222 e. The molecule has 8 heteroatoms. The van der Waals surface area contributed by atoms with Crippen molar-refractivity contribution in [1.82, 2.24) is 14.5 Å². The highest BCUT2D eigenvalue weighted by atomic mass is 127. The van der Waals surface area contributed by atoms with E-state index in [9.17, 15) is 4.79 Å². The molecule has 0 unspecified atom stereocenters. The van der Waals surface area contributed by atoms with Crippen LogP contribution < -0.4 is 5.32 Å². The maximum atomic E-state index is 11.4. The summed E-state index contributed by atoms with van der Waals surface area (Å²) in [6, 6.07) is 5.96. The number of carbonyl (C=O) groups is 1. The molecule has 28 heavy (non-hydrogen) atoms. The molecule has 3 aromatic rings. The summed E-state index contributed by atoms with van der Waals surface area (Å²) in [5.74, 6) is 1.16. The second kappa shape index (κ2) is 7.41. The van der Waals surface area contributed by atoms with Crippen LogP contribution in [0.25, 0.3) is 16.7 Å². The molecule has 1 amide bonds. The van der Waals surface area contributed by atoms with Gasteiger partial charge in [-0.1, -0.05) is 0 Å². The van der Waals surface area contributed by atoms with Gasteiger partial charge in [-0.2, -0.15) is 0 Å².